The Kier molecular flexibility index (Phi) is 6.09. The van der Waals surface area contributed by atoms with Gasteiger partial charge in [0, 0.05) is 24.9 Å². The van der Waals surface area contributed by atoms with Gasteiger partial charge in [-0.2, -0.15) is 13.2 Å². The van der Waals surface area contributed by atoms with Crippen LogP contribution in [-0.2, 0) is 32.2 Å². The normalized spacial score (nSPS) is 17.3. The van der Waals surface area contributed by atoms with Gasteiger partial charge in [0.05, 0.1) is 6.42 Å². The van der Waals surface area contributed by atoms with Crippen LogP contribution in [0.25, 0.3) is 0 Å². The van der Waals surface area contributed by atoms with E-state index >= 15 is 0 Å². The van der Waals surface area contributed by atoms with Crippen molar-refractivity contribution in [2.24, 2.45) is 0 Å². The number of carbonyl (C=O) groups excluding carboxylic acids is 1. The second-order valence-electron chi connectivity index (χ2n) is 6.63. The quantitative estimate of drug-likeness (QED) is 0.799. The van der Waals surface area contributed by atoms with Crippen LogP contribution in [0.3, 0.4) is 0 Å². The number of sulfonamides is 1. The van der Waals surface area contributed by atoms with Crippen molar-refractivity contribution in [2.45, 2.75) is 50.1 Å². The molecule has 10 heteroatoms. The number of ether oxygens (including phenoxy) is 1. The molecule has 0 saturated carbocycles. The number of rotatable bonds is 6. The number of halogens is 3. The van der Waals surface area contributed by atoms with E-state index in [4.69, 9.17) is 4.74 Å². The predicted molar refractivity (Wildman–Crippen MR) is 87.9 cm³/mol. The van der Waals surface area contributed by atoms with E-state index in [1.54, 1.807) is 0 Å². The van der Waals surface area contributed by atoms with Gasteiger partial charge in [-0.05, 0) is 38.8 Å². The van der Waals surface area contributed by atoms with Gasteiger partial charge >= 0.3 is 6.18 Å². The number of hydrogen-bond donors (Lipinski definition) is 1. The highest BCUT2D eigenvalue weighted by Gasteiger charge is 2.42. The van der Waals surface area contributed by atoms with Gasteiger partial charge in [-0.15, -0.1) is 0 Å². The zero-order valence-corrected chi connectivity index (χ0v) is 15.3. The number of hydrogen-bond acceptors (Lipinski definition) is 5. The van der Waals surface area contributed by atoms with Crippen LogP contribution in [0.1, 0.15) is 38.1 Å². The number of Topliss-reactive ketones (excluding diaryl/α,β-unsaturated/α-hetero) is 1. The maximum atomic E-state index is 12.7. The summed E-state index contributed by atoms with van der Waals surface area (Å²) in [5, 5.41) is 0. The molecule has 146 valence electrons. The number of nitrogens with one attached hydrogen (secondary N) is 1. The lowest BCUT2D eigenvalue weighted by atomic mass is 10.0. The lowest BCUT2D eigenvalue weighted by molar-refractivity contribution is -0.141. The van der Waals surface area contributed by atoms with Crippen molar-refractivity contribution in [1.29, 1.82) is 0 Å². The SMILES string of the molecule is CC(C)(C(=O)Cc1cccc(C(F)(F)F)n1)S(=O)(=O)NC1CCOCC1. The highest BCUT2D eigenvalue weighted by molar-refractivity contribution is 7.91. The molecule has 2 heterocycles. The molecule has 0 aromatic carbocycles. The predicted octanol–water partition coefficient (Wildman–Crippen LogP) is 2.09. The molecule has 0 unspecified atom stereocenters. The molecular formula is C16H21F3N2O4S. The fourth-order valence-electron chi connectivity index (χ4n) is 2.45. The fraction of sp³-hybridized carbons (Fsp3) is 0.625. The van der Waals surface area contributed by atoms with Crippen molar-refractivity contribution in [1.82, 2.24) is 9.71 Å². The Morgan fingerprint density at radius 1 is 1.27 bits per heavy atom. The van der Waals surface area contributed by atoms with Crippen molar-refractivity contribution < 1.29 is 31.1 Å². The average molecular weight is 394 g/mol. The monoisotopic (exact) mass is 394 g/mol. The van der Waals surface area contributed by atoms with Crippen molar-refractivity contribution in [3.05, 3.63) is 29.6 Å². The summed E-state index contributed by atoms with van der Waals surface area (Å²) in [7, 11) is -4.02. The molecule has 0 spiro atoms. The van der Waals surface area contributed by atoms with Gasteiger partial charge in [-0.1, -0.05) is 6.07 Å². The van der Waals surface area contributed by atoms with Crippen molar-refractivity contribution in [3.63, 3.8) is 0 Å². The van der Waals surface area contributed by atoms with Crippen LogP contribution in [0.5, 0.6) is 0 Å². The first-order chi connectivity index (χ1) is 11.9. The molecule has 0 bridgehead atoms. The van der Waals surface area contributed by atoms with Gasteiger partial charge < -0.3 is 4.74 Å². The summed E-state index contributed by atoms with van der Waals surface area (Å²) in [6.45, 7) is 3.33. The zero-order chi connectivity index (χ0) is 19.6. The van der Waals surface area contributed by atoms with Crippen LogP contribution < -0.4 is 4.72 Å². The van der Waals surface area contributed by atoms with Gasteiger partial charge in [0.25, 0.3) is 0 Å². The lowest BCUT2D eigenvalue weighted by Crippen LogP contribution is -2.52. The second kappa shape index (κ2) is 7.61. The third-order valence-electron chi connectivity index (χ3n) is 4.33. The molecule has 6 nitrogen and oxygen atoms in total. The Morgan fingerprint density at radius 3 is 2.46 bits per heavy atom. The summed E-state index contributed by atoms with van der Waals surface area (Å²) >= 11 is 0. The summed E-state index contributed by atoms with van der Waals surface area (Å²) in [6, 6.07) is 2.87. The Labute approximate surface area is 150 Å². The van der Waals surface area contributed by atoms with E-state index in [1.165, 1.54) is 19.9 Å². The summed E-state index contributed by atoms with van der Waals surface area (Å²) in [5.41, 5.74) is -1.25. The molecule has 0 radical (unpaired) electrons. The largest absolute Gasteiger partial charge is 0.433 e. The standard InChI is InChI=1S/C16H21F3N2O4S/c1-15(2,26(23,24)21-11-6-8-25-9-7-11)14(22)10-12-4-3-5-13(20-12)16(17,18)19/h3-5,11,21H,6-10H2,1-2H3. The molecule has 1 aromatic heterocycles. The highest BCUT2D eigenvalue weighted by Crippen LogP contribution is 2.28. The maximum absolute atomic E-state index is 12.7. The molecule has 1 aliphatic heterocycles. The first-order valence-electron chi connectivity index (χ1n) is 8.09. The van der Waals surface area contributed by atoms with Crippen LogP contribution in [0.2, 0.25) is 0 Å². The Morgan fingerprint density at radius 2 is 1.88 bits per heavy atom. The van der Waals surface area contributed by atoms with E-state index in [2.05, 4.69) is 9.71 Å². The molecule has 2 rings (SSSR count). The van der Waals surface area contributed by atoms with Crippen molar-refractivity contribution in [3.8, 4) is 0 Å². The molecule has 1 saturated heterocycles. The summed E-state index contributed by atoms with van der Waals surface area (Å²) in [5.74, 6) is -0.733. The molecular weight excluding hydrogens is 373 g/mol. The maximum Gasteiger partial charge on any atom is 0.433 e. The molecule has 1 fully saturated rings. The minimum absolute atomic E-state index is 0.126. The van der Waals surface area contributed by atoms with Crippen LogP contribution in [-0.4, -0.2) is 43.2 Å². The highest BCUT2D eigenvalue weighted by atomic mass is 32.2. The lowest BCUT2D eigenvalue weighted by Gasteiger charge is -2.29. The van der Waals surface area contributed by atoms with E-state index in [1.807, 2.05) is 0 Å². The first-order valence-corrected chi connectivity index (χ1v) is 9.58. The van der Waals surface area contributed by atoms with Crippen molar-refractivity contribution >= 4 is 15.8 Å². The van der Waals surface area contributed by atoms with Crippen molar-refractivity contribution in [2.75, 3.05) is 13.2 Å². The molecule has 0 amide bonds. The van der Waals surface area contributed by atoms with Gasteiger partial charge in [-0.25, -0.2) is 18.1 Å². The van der Waals surface area contributed by atoms with E-state index in [-0.39, 0.29) is 11.7 Å². The Bertz CT molecular complexity index is 757. The molecule has 26 heavy (non-hydrogen) atoms. The average Bonchev–Trinajstić information content (AvgIpc) is 2.54. The summed E-state index contributed by atoms with van der Waals surface area (Å²) in [4.78, 5) is 15.9. The van der Waals surface area contributed by atoms with Crippen LogP contribution in [0, 0.1) is 0 Å². The van der Waals surface area contributed by atoms with Crippen LogP contribution in [0.15, 0.2) is 18.2 Å². The number of alkyl halides is 3. The van der Waals surface area contributed by atoms with E-state index in [9.17, 15) is 26.4 Å². The topological polar surface area (TPSA) is 85.4 Å². The number of ketones is 1. The number of nitrogens with zero attached hydrogens (tertiary/aromatic N) is 1. The van der Waals surface area contributed by atoms with Crippen LogP contribution >= 0.6 is 0 Å². The third kappa shape index (κ3) is 4.80. The molecule has 1 aromatic rings. The Hall–Kier alpha value is -1.52. The minimum Gasteiger partial charge on any atom is -0.381 e. The number of pyridine rings is 1. The second-order valence-corrected chi connectivity index (χ2v) is 8.89. The van der Waals surface area contributed by atoms with E-state index in [0.29, 0.717) is 26.1 Å². The first kappa shape index (κ1) is 20.8. The summed E-state index contributed by atoms with van der Waals surface area (Å²) in [6.07, 6.45) is -4.14. The van der Waals surface area contributed by atoms with E-state index in [0.717, 1.165) is 12.1 Å². The van der Waals surface area contributed by atoms with Crippen LogP contribution in [0.4, 0.5) is 13.2 Å². The van der Waals surface area contributed by atoms with Gasteiger partial charge in [-0.3, -0.25) is 4.79 Å². The smallest absolute Gasteiger partial charge is 0.381 e. The molecule has 1 aliphatic rings. The molecule has 0 aliphatic carbocycles. The Balaban J connectivity index is 2.14. The van der Waals surface area contributed by atoms with Gasteiger partial charge in [0.1, 0.15) is 10.4 Å². The fourth-order valence-corrected chi connectivity index (χ4v) is 3.79. The van der Waals surface area contributed by atoms with Gasteiger partial charge in [0.15, 0.2) is 5.78 Å². The minimum atomic E-state index is -4.63. The molecule has 1 N–H and O–H groups in total. The zero-order valence-electron chi connectivity index (χ0n) is 14.5. The summed E-state index contributed by atoms with van der Waals surface area (Å²) < 4.78 is 69.3. The molecule has 0 atom stereocenters. The van der Waals surface area contributed by atoms with Gasteiger partial charge in [0.2, 0.25) is 10.0 Å². The number of carbonyl (C=O) groups is 1. The number of aromatic nitrogens is 1. The third-order valence-corrected chi connectivity index (χ3v) is 6.54. The van der Waals surface area contributed by atoms with E-state index < -0.39 is 38.8 Å².